The molecule has 26 heavy (non-hydrogen) atoms. The molecule has 2 rings (SSSR count). The van der Waals surface area contributed by atoms with E-state index in [1.165, 1.54) is 17.7 Å². The molecule has 0 heterocycles. The van der Waals surface area contributed by atoms with Crippen LogP contribution in [0.4, 0.5) is 0 Å². The van der Waals surface area contributed by atoms with E-state index in [9.17, 15) is 13.2 Å². The summed E-state index contributed by atoms with van der Waals surface area (Å²) in [7, 11) is -3.71. The van der Waals surface area contributed by atoms with Gasteiger partial charge < -0.3 is 10.1 Å². The lowest BCUT2D eigenvalue weighted by Gasteiger charge is -2.15. The smallest absolute Gasteiger partial charge is 0.238 e. The Morgan fingerprint density at radius 2 is 1.73 bits per heavy atom. The topological polar surface area (TPSA) is 98.5 Å². The number of aryl methyl sites for hydroxylation is 1. The average Bonchev–Trinajstić information content (AvgIpc) is 2.59. The Bertz CT molecular complexity index is 831. The van der Waals surface area contributed by atoms with Crippen LogP contribution in [0.25, 0.3) is 0 Å². The quantitative estimate of drug-likeness (QED) is 0.692. The third-order valence-electron chi connectivity index (χ3n) is 3.92. The van der Waals surface area contributed by atoms with E-state index in [-0.39, 0.29) is 16.8 Å². The molecule has 7 heteroatoms. The van der Waals surface area contributed by atoms with Crippen LogP contribution >= 0.6 is 0 Å². The lowest BCUT2D eigenvalue weighted by atomic mass is 10.1. The normalized spacial score (nSPS) is 12.4. The van der Waals surface area contributed by atoms with Gasteiger partial charge in [-0.05, 0) is 50.1 Å². The van der Waals surface area contributed by atoms with Gasteiger partial charge in [0.2, 0.25) is 15.9 Å². The molecular formula is C19H24N2O4S. The third-order valence-corrected chi connectivity index (χ3v) is 4.85. The maximum Gasteiger partial charge on any atom is 0.238 e. The molecule has 2 aromatic rings. The number of rotatable bonds is 8. The lowest BCUT2D eigenvalue weighted by Crippen LogP contribution is -2.26. The van der Waals surface area contributed by atoms with Crippen molar-refractivity contribution in [3.63, 3.8) is 0 Å². The van der Waals surface area contributed by atoms with E-state index in [4.69, 9.17) is 9.88 Å². The molecule has 0 radical (unpaired) electrons. The molecule has 0 aliphatic rings. The minimum atomic E-state index is -3.71. The second-order valence-corrected chi connectivity index (χ2v) is 7.73. The first-order valence-corrected chi connectivity index (χ1v) is 9.92. The Hall–Kier alpha value is -2.38. The Morgan fingerprint density at radius 3 is 2.31 bits per heavy atom. The summed E-state index contributed by atoms with van der Waals surface area (Å²) >= 11 is 0. The number of carbonyl (C=O) groups is 1. The maximum atomic E-state index is 12.0. The summed E-state index contributed by atoms with van der Waals surface area (Å²) in [5.41, 5.74) is 1.98. The highest BCUT2D eigenvalue weighted by Gasteiger charge is 2.12. The van der Waals surface area contributed by atoms with E-state index < -0.39 is 10.0 Å². The molecule has 1 atom stereocenters. The van der Waals surface area contributed by atoms with E-state index in [0.29, 0.717) is 19.4 Å². The Labute approximate surface area is 154 Å². The van der Waals surface area contributed by atoms with Crippen LogP contribution in [-0.2, 0) is 14.8 Å². The van der Waals surface area contributed by atoms with Crippen molar-refractivity contribution in [2.45, 2.75) is 37.6 Å². The number of nitrogens with two attached hydrogens (primary N) is 1. The van der Waals surface area contributed by atoms with Gasteiger partial charge in [0.05, 0.1) is 17.5 Å². The van der Waals surface area contributed by atoms with Crippen LogP contribution < -0.4 is 15.2 Å². The zero-order chi connectivity index (χ0) is 19.2. The van der Waals surface area contributed by atoms with Crippen molar-refractivity contribution in [2.75, 3.05) is 6.61 Å². The second kappa shape index (κ2) is 8.82. The van der Waals surface area contributed by atoms with Crippen molar-refractivity contribution in [1.82, 2.24) is 5.32 Å². The summed E-state index contributed by atoms with van der Waals surface area (Å²) < 4.78 is 28.1. The maximum absolute atomic E-state index is 12.0. The minimum Gasteiger partial charge on any atom is -0.494 e. The minimum absolute atomic E-state index is 0.0491. The first-order valence-electron chi connectivity index (χ1n) is 8.37. The van der Waals surface area contributed by atoms with Crippen molar-refractivity contribution in [3.8, 4) is 5.75 Å². The molecule has 0 aromatic heterocycles. The molecule has 140 valence electrons. The zero-order valence-electron chi connectivity index (χ0n) is 14.9. The van der Waals surface area contributed by atoms with Crippen LogP contribution in [0.1, 0.15) is 36.9 Å². The summed E-state index contributed by atoms with van der Waals surface area (Å²) in [5.74, 6) is 0.708. The molecule has 0 bridgehead atoms. The first kappa shape index (κ1) is 19.9. The molecule has 0 fully saturated rings. The number of hydrogen-bond donors (Lipinski definition) is 2. The number of carbonyl (C=O) groups excluding carboxylic acids is 1. The summed E-state index contributed by atoms with van der Waals surface area (Å²) in [6.07, 6.45) is 0.961. The second-order valence-electron chi connectivity index (χ2n) is 6.17. The van der Waals surface area contributed by atoms with Crippen LogP contribution in [0.5, 0.6) is 5.75 Å². The van der Waals surface area contributed by atoms with Gasteiger partial charge in [-0.3, -0.25) is 4.79 Å². The van der Waals surface area contributed by atoms with Crippen molar-refractivity contribution in [1.29, 1.82) is 0 Å². The van der Waals surface area contributed by atoms with Crippen LogP contribution in [0, 0.1) is 6.92 Å². The molecule has 3 N–H and O–H groups in total. The molecule has 0 saturated heterocycles. The fourth-order valence-corrected chi connectivity index (χ4v) is 2.92. The number of amides is 1. The van der Waals surface area contributed by atoms with Crippen LogP contribution in [0.15, 0.2) is 53.4 Å². The lowest BCUT2D eigenvalue weighted by molar-refractivity contribution is -0.121. The number of hydrogen-bond acceptors (Lipinski definition) is 4. The average molecular weight is 376 g/mol. The predicted octanol–water partition coefficient (Wildman–Crippen LogP) is 2.68. The van der Waals surface area contributed by atoms with Crippen molar-refractivity contribution in [3.05, 3.63) is 59.7 Å². The molecule has 0 aliphatic carbocycles. The van der Waals surface area contributed by atoms with Gasteiger partial charge in [0.1, 0.15) is 5.75 Å². The molecular weight excluding hydrogens is 352 g/mol. The fraction of sp³-hybridized carbons (Fsp3) is 0.316. The van der Waals surface area contributed by atoms with Gasteiger partial charge in [-0.25, -0.2) is 13.6 Å². The van der Waals surface area contributed by atoms with Crippen molar-refractivity contribution >= 4 is 15.9 Å². The van der Waals surface area contributed by atoms with Gasteiger partial charge in [-0.1, -0.05) is 29.8 Å². The SMILES string of the molecule is Cc1ccc(OCCCC(=O)NC(C)c2ccc(S(N)(=O)=O)cc2)cc1. The van der Waals surface area contributed by atoms with Gasteiger partial charge in [0.15, 0.2) is 0 Å². The third kappa shape index (κ3) is 6.16. The van der Waals surface area contributed by atoms with E-state index in [2.05, 4.69) is 5.32 Å². The highest BCUT2D eigenvalue weighted by Crippen LogP contribution is 2.16. The van der Waals surface area contributed by atoms with Crippen LogP contribution in [-0.4, -0.2) is 20.9 Å². The van der Waals surface area contributed by atoms with Crippen LogP contribution in [0.2, 0.25) is 0 Å². The monoisotopic (exact) mass is 376 g/mol. The summed E-state index contributed by atoms with van der Waals surface area (Å²) in [4.78, 5) is 12.1. The Morgan fingerprint density at radius 1 is 1.12 bits per heavy atom. The largest absolute Gasteiger partial charge is 0.494 e. The molecule has 0 aliphatic heterocycles. The molecule has 2 aromatic carbocycles. The number of benzene rings is 2. The van der Waals surface area contributed by atoms with E-state index in [0.717, 1.165) is 11.3 Å². The highest BCUT2D eigenvalue weighted by atomic mass is 32.2. The first-order chi connectivity index (χ1) is 12.3. The Balaban J connectivity index is 1.75. The van der Waals surface area contributed by atoms with Gasteiger partial charge >= 0.3 is 0 Å². The van der Waals surface area contributed by atoms with Gasteiger partial charge in [-0.2, -0.15) is 0 Å². The number of sulfonamides is 1. The standard InChI is InChI=1S/C19H24N2O4S/c1-14-5-9-17(10-6-14)25-13-3-4-19(22)21-15(2)16-7-11-18(12-8-16)26(20,23)24/h5-12,15H,3-4,13H2,1-2H3,(H,21,22)(H2,20,23,24). The molecule has 0 saturated carbocycles. The molecule has 1 unspecified atom stereocenters. The fourth-order valence-electron chi connectivity index (χ4n) is 2.40. The van der Waals surface area contributed by atoms with Crippen molar-refractivity contribution in [2.24, 2.45) is 5.14 Å². The van der Waals surface area contributed by atoms with E-state index in [1.54, 1.807) is 12.1 Å². The number of nitrogens with one attached hydrogen (secondary N) is 1. The zero-order valence-corrected chi connectivity index (χ0v) is 15.8. The van der Waals surface area contributed by atoms with Gasteiger partial charge in [0, 0.05) is 6.42 Å². The summed E-state index contributed by atoms with van der Waals surface area (Å²) in [6, 6.07) is 13.7. The molecule has 0 spiro atoms. The van der Waals surface area contributed by atoms with Gasteiger partial charge in [0.25, 0.3) is 0 Å². The Kier molecular flexibility index (Phi) is 6.76. The van der Waals surface area contributed by atoms with E-state index >= 15 is 0 Å². The molecule has 1 amide bonds. The summed E-state index contributed by atoms with van der Waals surface area (Å²) in [6.45, 7) is 4.32. The van der Waals surface area contributed by atoms with Crippen molar-refractivity contribution < 1.29 is 17.9 Å². The van der Waals surface area contributed by atoms with E-state index in [1.807, 2.05) is 38.1 Å². The summed E-state index contributed by atoms with van der Waals surface area (Å²) in [5, 5.41) is 7.96. The number of ether oxygens (including phenoxy) is 1. The number of primary sulfonamides is 1. The predicted molar refractivity (Wildman–Crippen MR) is 100 cm³/mol. The van der Waals surface area contributed by atoms with Crippen LogP contribution in [0.3, 0.4) is 0 Å². The van der Waals surface area contributed by atoms with Gasteiger partial charge in [-0.15, -0.1) is 0 Å². The highest BCUT2D eigenvalue weighted by molar-refractivity contribution is 7.89. The molecule has 6 nitrogen and oxygen atoms in total.